The topological polar surface area (TPSA) is 89.1 Å². The van der Waals surface area contributed by atoms with Crippen LogP contribution in [0.2, 0.25) is 0 Å². The maximum absolute atomic E-state index is 12.3. The molecular formula is C19H29N3O5. The van der Waals surface area contributed by atoms with Crippen molar-refractivity contribution in [3.05, 3.63) is 23.8 Å². The molecule has 1 atom stereocenters. The highest BCUT2D eigenvalue weighted by molar-refractivity contribution is 5.88. The van der Waals surface area contributed by atoms with Crippen LogP contribution in [-0.4, -0.2) is 70.3 Å². The molecule has 0 saturated carbocycles. The van der Waals surface area contributed by atoms with Gasteiger partial charge in [0.1, 0.15) is 0 Å². The molecule has 27 heavy (non-hydrogen) atoms. The fourth-order valence-electron chi connectivity index (χ4n) is 3.08. The van der Waals surface area contributed by atoms with E-state index in [-0.39, 0.29) is 18.2 Å². The van der Waals surface area contributed by atoms with Gasteiger partial charge in [-0.05, 0) is 24.1 Å². The molecule has 1 fully saturated rings. The normalized spacial score (nSPS) is 17.3. The third kappa shape index (κ3) is 6.11. The number of amides is 2. The summed E-state index contributed by atoms with van der Waals surface area (Å²) in [5.41, 5.74) is 0.993. The molecule has 0 aromatic heterocycles. The molecule has 8 nitrogen and oxygen atoms in total. The van der Waals surface area contributed by atoms with Gasteiger partial charge in [-0.25, -0.2) is 0 Å². The summed E-state index contributed by atoms with van der Waals surface area (Å²) in [6.45, 7) is 2.93. The smallest absolute Gasteiger partial charge is 0.237 e. The molecule has 1 heterocycles. The lowest BCUT2D eigenvalue weighted by molar-refractivity contribution is -0.134. The maximum atomic E-state index is 12.3. The van der Waals surface area contributed by atoms with Crippen LogP contribution in [-0.2, 0) is 20.9 Å². The molecule has 2 rings (SSSR count). The van der Waals surface area contributed by atoms with Gasteiger partial charge in [0.05, 0.1) is 26.7 Å². The van der Waals surface area contributed by atoms with Crippen LogP contribution in [0.4, 0.5) is 0 Å². The molecule has 1 aromatic carbocycles. The number of methoxy groups -OCH3 is 3. The fourth-order valence-corrected chi connectivity index (χ4v) is 3.08. The van der Waals surface area contributed by atoms with Gasteiger partial charge >= 0.3 is 0 Å². The van der Waals surface area contributed by atoms with Gasteiger partial charge in [0.15, 0.2) is 11.5 Å². The zero-order valence-electron chi connectivity index (χ0n) is 16.2. The maximum Gasteiger partial charge on any atom is 0.237 e. The Balaban J connectivity index is 2.00. The van der Waals surface area contributed by atoms with Crippen LogP contribution in [0, 0.1) is 0 Å². The largest absolute Gasteiger partial charge is 0.493 e. The van der Waals surface area contributed by atoms with E-state index in [1.165, 1.54) is 0 Å². The quantitative estimate of drug-likeness (QED) is 0.577. The van der Waals surface area contributed by atoms with Crippen molar-refractivity contribution in [2.24, 2.45) is 0 Å². The van der Waals surface area contributed by atoms with Crippen LogP contribution < -0.4 is 20.1 Å². The van der Waals surface area contributed by atoms with Crippen LogP contribution in [0.5, 0.6) is 11.5 Å². The van der Waals surface area contributed by atoms with Crippen molar-refractivity contribution >= 4 is 11.8 Å². The number of rotatable bonds is 10. The molecule has 1 aliphatic rings. The summed E-state index contributed by atoms with van der Waals surface area (Å²) in [4.78, 5) is 26.6. The molecule has 2 N–H and O–H groups in total. The number of carbonyl (C=O) groups excluding carboxylic acids is 2. The third-order valence-corrected chi connectivity index (χ3v) is 4.50. The first kappa shape index (κ1) is 21.0. The molecule has 1 saturated heterocycles. The number of nitrogens with one attached hydrogen (secondary N) is 2. The molecule has 1 aliphatic heterocycles. The van der Waals surface area contributed by atoms with Crippen LogP contribution in [0.3, 0.4) is 0 Å². The molecule has 150 valence electrons. The van der Waals surface area contributed by atoms with Crippen LogP contribution in [0.15, 0.2) is 18.2 Å². The lowest BCUT2D eigenvalue weighted by Gasteiger charge is -2.34. The van der Waals surface area contributed by atoms with Gasteiger partial charge in [-0.2, -0.15) is 0 Å². The molecule has 2 amide bonds. The van der Waals surface area contributed by atoms with Gasteiger partial charge in [-0.15, -0.1) is 0 Å². The lowest BCUT2D eigenvalue weighted by Crippen LogP contribution is -2.56. The first-order chi connectivity index (χ1) is 13.1. The third-order valence-electron chi connectivity index (χ3n) is 4.50. The molecular weight excluding hydrogens is 350 g/mol. The average molecular weight is 379 g/mol. The minimum absolute atomic E-state index is 0.117. The van der Waals surface area contributed by atoms with E-state index in [4.69, 9.17) is 14.2 Å². The van der Waals surface area contributed by atoms with Crippen molar-refractivity contribution < 1.29 is 23.8 Å². The molecule has 1 aromatic rings. The first-order valence-corrected chi connectivity index (χ1v) is 9.07. The summed E-state index contributed by atoms with van der Waals surface area (Å²) < 4.78 is 15.6. The van der Waals surface area contributed by atoms with Crippen molar-refractivity contribution in [2.45, 2.75) is 25.4 Å². The van der Waals surface area contributed by atoms with Crippen molar-refractivity contribution in [3.63, 3.8) is 0 Å². The summed E-state index contributed by atoms with van der Waals surface area (Å²) in [6.07, 6.45) is 0.876. The van der Waals surface area contributed by atoms with E-state index < -0.39 is 6.04 Å². The number of piperazine rings is 1. The van der Waals surface area contributed by atoms with Gasteiger partial charge in [-0.1, -0.05) is 6.07 Å². The van der Waals surface area contributed by atoms with Gasteiger partial charge in [-0.3, -0.25) is 14.5 Å². The predicted octanol–water partition coefficient (Wildman–Crippen LogP) is 0.547. The summed E-state index contributed by atoms with van der Waals surface area (Å²) in [6, 6.07) is 5.19. The molecule has 8 heteroatoms. The molecule has 0 radical (unpaired) electrons. The van der Waals surface area contributed by atoms with Gasteiger partial charge in [0.25, 0.3) is 0 Å². The minimum Gasteiger partial charge on any atom is -0.493 e. The van der Waals surface area contributed by atoms with E-state index in [1.807, 2.05) is 23.1 Å². The van der Waals surface area contributed by atoms with E-state index in [1.54, 1.807) is 21.3 Å². The minimum atomic E-state index is -0.491. The van der Waals surface area contributed by atoms with E-state index in [2.05, 4.69) is 10.6 Å². The average Bonchev–Trinajstić information content (AvgIpc) is 2.68. The second-order valence-electron chi connectivity index (χ2n) is 6.37. The molecule has 0 bridgehead atoms. The number of carbonyl (C=O) groups is 2. The van der Waals surface area contributed by atoms with Crippen molar-refractivity contribution in [2.75, 3.05) is 47.6 Å². The summed E-state index contributed by atoms with van der Waals surface area (Å²) >= 11 is 0. The number of hydrogen-bond acceptors (Lipinski definition) is 6. The Morgan fingerprint density at radius 1 is 1.26 bits per heavy atom. The Morgan fingerprint density at radius 3 is 2.74 bits per heavy atom. The molecule has 0 spiro atoms. The van der Waals surface area contributed by atoms with Gasteiger partial charge in [0.2, 0.25) is 11.8 Å². The van der Waals surface area contributed by atoms with E-state index in [0.29, 0.717) is 44.3 Å². The van der Waals surface area contributed by atoms with Gasteiger partial charge < -0.3 is 24.8 Å². The van der Waals surface area contributed by atoms with E-state index >= 15 is 0 Å². The van der Waals surface area contributed by atoms with Crippen molar-refractivity contribution in [1.29, 1.82) is 0 Å². The number of benzene rings is 1. The second kappa shape index (κ2) is 10.7. The summed E-state index contributed by atoms with van der Waals surface area (Å²) in [7, 11) is 4.81. The van der Waals surface area contributed by atoms with Crippen molar-refractivity contribution in [1.82, 2.24) is 15.5 Å². The van der Waals surface area contributed by atoms with E-state index in [0.717, 1.165) is 12.0 Å². The monoisotopic (exact) mass is 379 g/mol. The predicted molar refractivity (Wildman–Crippen MR) is 101 cm³/mol. The second-order valence-corrected chi connectivity index (χ2v) is 6.37. The summed E-state index contributed by atoms with van der Waals surface area (Å²) in [5.74, 6) is 1.05. The zero-order valence-corrected chi connectivity index (χ0v) is 16.2. The highest BCUT2D eigenvalue weighted by Gasteiger charge is 2.31. The Kier molecular flexibility index (Phi) is 8.35. The van der Waals surface area contributed by atoms with E-state index in [9.17, 15) is 9.59 Å². The Hall–Kier alpha value is -2.32. The van der Waals surface area contributed by atoms with Crippen LogP contribution in [0.25, 0.3) is 0 Å². The first-order valence-electron chi connectivity index (χ1n) is 9.07. The zero-order chi connectivity index (χ0) is 19.6. The lowest BCUT2D eigenvalue weighted by atomic mass is 10.1. The SMILES string of the molecule is COCCCNC(=O)CC1C(=O)NCCN1Cc1ccc(OC)c(OC)c1. The Labute approximate surface area is 160 Å². The number of hydrogen-bond donors (Lipinski definition) is 2. The van der Waals surface area contributed by atoms with Crippen LogP contribution in [0.1, 0.15) is 18.4 Å². The van der Waals surface area contributed by atoms with Crippen molar-refractivity contribution in [3.8, 4) is 11.5 Å². The summed E-state index contributed by atoms with van der Waals surface area (Å²) in [5, 5.41) is 5.69. The highest BCUT2D eigenvalue weighted by atomic mass is 16.5. The highest BCUT2D eigenvalue weighted by Crippen LogP contribution is 2.28. The number of nitrogens with zero attached hydrogens (tertiary/aromatic N) is 1. The van der Waals surface area contributed by atoms with Crippen LogP contribution >= 0.6 is 0 Å². The Bertz CT molecular complexity index is 638. The number of ether oxygens (including phenoxy) is 3. The standard InChI is InChI=1S/C19H29N3O5/c1-25-10-4-7-20-18(23)12-15-19(24)21-8-9-22(15)13-14-5-6-16(26-2)17(11-14)27-3/h5-6,11,15H,4,7-10,12-13H2,1-3H3,(H,20,23)(H,21,24). The van der Waals surface area contributed by atoms with Gasteiger partial charge in [0, 0.05) is 39.9 Å². The Morgan fingerprint density at radius 2 is 2.04 bits per heavy atom. The molecule has 0 aliphatic carbocycles. The fraction of sp³-hybridized carbons (Fsp3) is 0.579. The molecule has 1 unspecified atom stereocenters.